The molecule has 2 saturated heterocycles. The number of fused-ring (bicyclic) bond motifs is 1. The highest BCUT2D eigenvalue weighted by atomic mass is 16.6. The largest absolute Gasteiger partial charge is 0.463 e. The van der Waals surface area contributed by atoms with E-state index in [9.17, 15) is 9.59 Å². The predicted octanol–water partition coefficient (Wildman–Crippen LogP) is 2.96. The summed E-state index contributed by atoms with van der Waals surface area (Å²) in [5.41, 5.74) is -0.490. The summed E-state index contributed by atoms with van der Waals surface area (Å²) < 4.78 is 17.0. The SMILES string of the molecule is CC(C)C(C)(C)C(=O)OCCOC1C2CC3CC(C2)C(=O)OC1C3. The van der Waals surface area contributed by atoms with Gasteiger partial charge in [-0.3, -0.25) is 9.59 Å². The quantitative estimate of drug-likeness (QED) is 0.550. The fourth-order valence-corrected chi connectivity index (χ4v) is 4.25. The van der Waals surface area contributed by atoms with Crippen LogP contribution in [0.3, 0.4) is 0 Å². The van der Waals surface area contributed by atoms with Gasteiger partial charge in [-0.1, -0.05) is 13.8 Å². The van der Waals surface area contributed by atoms with E-state index in [1.165, 1.54) is 0 Å². The average Bonchev–Trinajstić information content (AvgIpc) is 2.67. The number of esters is 2. The molecule has 0 radical (unpaired) electrons. The zero-order chi connectivity index (χ0) is 17.5. The molecule has 4 bridgehead atoms. The standard InChI is InChI=1S/C19H30O5/c1-11(2)19(3,4)18(21)23-6-5-22-16-13-7-12-8-14(10-13)17(20)24-15(16)9-12/h11-16H,5-10H2,1-4H3. The van der Waals surface area contributed by atoms with Crippen molar-refractivity contribution in [1.29, 1.82) is 0 Å². The lowest BCUT2D eigenvalue weighted by Crippen LogP contribution is -2.44. The van der Waals surface area contributed by atoms with Crippen LogP contribution in [0.4, 0.5) is 0 Å². The van der Waals surface area contributed by atoms with Crippen LogP contribution in [0.25, 0.3) is 0 Å². The Kier molecular flexibility index (Phi) is 4.92. The summed E-state index contributed by atoms with van der Waals surface area (Å²) in [7, 11) is 0. The van der Waals surface area contributed by atoms with Crippen molar-refractivity contribution in [3.63, 3.8) is 0 Å². The summed E-state index contributed by atoms with van der Waals surface area (Å²) in [5, 5.41) is 0. The second kappa shape index (κ2) is 6.66. The lowest BCUT2D eigenvalue weighted by Gasteiger charge is -2.41. The highest BCUT2D eigenvalue weighted by Crippen LogP contribution is 2.48. The Balaban J connectivity index is 1.49. The van der Waals surface area contributed by atoms with Gasteiger partial charge in [0.15, 0.2) is 0 Å². The Labute approximate surface area is 144 Å². The van der Waals surface area contributed by atoms with Crippen molar-refractivity contribution in [3.8, 4) is 0 Å². The molecule has 0 aromatic rings. The van der Waals surface area contributed by atoms with E-state index in [2.05, 4.69) is 0 Å². The minimum Gasteiger partial charge on any atom is -0.463 e. The lowest BCUT2D eigenvalue weighted by atomic mass is 9.67. The van der Waals surface area contributed by atoms with Gasteiger partial charge in [0.1, 0.15) is 12.7 Å². The number of hydrogen-bond donors (Lipinski definition) is 0. The minimum absolute atomic E-state index is 0.0349. The van der Waals surface area contributed by atoms with E-state index >= 15 is 0 Å². The molecule has 0 spiro atoms. The predicted molar refractivity (Wildman–Crippen MR) is 88.1 cm³/mol. The van der Waals surface area contributed by atoms with Crippen molar-refractivity contribution in [1.82, 2.24) is 0 Å². The molecule has 24 heavy (non-hydrogen) atoms. The summed E-state index contributed by atoms with van der Waals surface area (Å²) in [6, 6.07) is 0. The van der Waals surface area contributed by atoms with E-state index < -0.39 is 5.41 Å². The summed E-state index contributed by atoms with van der Waals surface area (Å²) in [4.78, 5) is 24.2. The second-order valence-electron chi connectivity index (χ2n) is 8.59. The number of carbonyl (C=O) groups is 2. The molecular weight excluding hydrogens is 308 g/mol. The first-order valence-electron chi connectivity index (χ1n) is 9.28. The van der Waals surface area contributed by atoms with Gasteiger partial charge >= 0.3 is 11.9 Å². The molecule has 136 valence electrons. The Morgan fingerprint density at radius 2 is 1.96 bits per heavy atom. The van der Waals surface area contributed by atoms with Gasteiger partial charge in [-0.05, 0) is 57.3 Å². The molecule has 4 rings (SSSR count). The van der Waals surface area contributed by atoms with Gasteiger partial charge in [0.2, 0.25) is 0 Å². The van der Waals surface area contributed by atoms with Gasteiger partial charge in [0.05, 0.1) is 24.0 Å². The highest BCUT2D eigenvalue weighted by Gasteiger charge is 2.50. The van der Waals surface area contributed by atoms with Crippen molar-refractivity contribution in [2.75, 3.05) is 13.2 Å². The third kappa shape index (κ3) is 3.32. The smallest absolute Gasteiger partial charge is 0.311 e. The van der Waals surface area contributed by atoms with E-state index in [1.54, 1.807) is 0 Å². The van der Waals surface area contributed by atoms with Gasteiger partial charge in [-0.25, -0.2) is 0 Å². The van der Waals surface area contributed by atoms with Crippen LogP contribution in [0.5, 0.6) is 0 Å². The minimum atomic E-state index is -0.490. The van der Waals surface area contributed by atoms with Gasteiger partial charge in [-0.15, -0.1) is 0 Å². The fourth-order valence-electron chi connectivity index (χ4n) is 4.25. The molecule has 4 aliphatic rings. The maximum Gasteiger partial charge on any atom is 0.311 e. The Morgan fingerprint density at radius 3 is 2.67 bits per heavy atom. The zero-order valence-electron chi connectivity index (χ0n) is 15.2. The van der Waals surface area contributed by atoms with Crippen molar-refractivity contribution in [2.24, 2.45) is 29.1 Å². The van der Waals surface area contributed by atoms with Crippen LogP contribution >= 0.6 is 0 Å². The summed E-state index contributed by atoms with van der Waals surface area (Å²) in [6.45, 7) is 8.47. The molecule has 0 N–H and O–H groups in total. The normalized spacial score (nSPS) is 35.0. The molecular formula is C19H30O5. The van der Waals surface area contributed by atoms with Crippen LogP contribution in [0.15, 0.2) is 0 Å². The van der Waals surface area contributed by atoms with Crippen LogP contribution in [0, 0.1) is 29.1 Å². The molecule has 0 aromatic carbocycles. The summed E-state index contributed by atoms with van der Waals surface area (Å²) in [5.74, 6) is 1.07. The number of ether oxygens (including phenoxy) is 3. The second-order valence-corrected chi connectivity index (χ2v) is 8.59. The van der Waals surface area contributed by atoms with E-state index in [-0.39, 0.29) is 42.6 Å². The first-order chi connectivity index (χ1) is 11.3. The van der Waals surface area contributed by atoms with E-state index in [0.717, 1.165) is 25.7 Å². The Bertz CT molecular complexity index is 498. The first kappa shape index (κ1) is 17.7. The maximum atomic E-state index is 12.2. The molecule has 5 nitrogen and oxygen atoms in total. The van der Waals surface area contributed by atoms with E-state index in [4.69, 9.17) is 14.2 Å². The lowest BCUT2D eigenvalue weighted by molar-refractivity contribution is -0.165. The molecule has 5 heteroatoms. The topological polar surface area (TPSA) is 61.8 Å². The molecule has 5 unspecified atom stereocenters. The first-order valence-corrected chi connectivity index (χ1v) is 9.28. The monoisotopic (exact) mass is 338 g/mol. The van der Waals surface area contributed by atoms with Crippen molar-refractivity contribution >= 4 is 11.9 Å². The Morgan fingerprint density at radius 1 is 1.21 bits per heavy atom. The fraction of sp³-hybridized carbons (Fsp3) is 0.895. The maximum absolute atomic E-state index is 12.2. The molecule has 4 fully saturated rings. The van der Waals surface area contributed by atoms with E-state index in [1.807, 2.05) is 27.7 Å². The van der Waals surface area contributed by atoms with Crippen LogP contribution in [0.2, 0.25) is 0 Å². The third-order valence-electron chi connectivity index (χ3n) is 6.44. The molecule has 2 heterocycles. The zero-order valence-corrected chi connectivity index (χ0v) is 15.2. The van der Waals surface area contributed by atoms with Gasteiger partial charge in [-0.2, -0.15) is 0 Å². The number of carbonyl (C=O) groups excluding carboxylic acids is 2. The number of hydrogen-bond acceptors (Lipinski definition) is 5. The van der Waals surface area contributed by atoms with Crippen molar-refractivity contribution < 1.29 is 23.8 Å². The van der Waals surface area contributed by atoms with Gasteiger partial charge in [0, 0.05) is 0 Å². The molecule has 0 aromatic heterocycles. The average molecular weight is 338 g/mol. The van der Waals surface area contributed by atoms with E-state index in [0.29, 0.717) is 18.4 Å². The Hall–Kier alpha value is -1.10. The van der Waals surface area contributed by atoms with Crippen molar-refractivity contribution in [3.05, 3.63) is 0 Å². The molecule has 0 amide bonds. The van der Waals surface area contributed by atoms with Gasteiger partial charge in [0.25, 0.3) is 0 Å². The highest BCUT2D eigenvalue weighted by molar-refractivity contribution is 5.76. The molecule has 2 saturated carbocycles. The van der Waals surface area contributed by atoms with Crippen LogP contribution < -0.4 is 0 Å². The summed E-state index contributed by atoms with van der Waals surface area (Å²) >= 11 is 0. The molecule has 5 atom stereocenters. The third-order valence-corrected chi connectivity index (χ3v) is 6.44. The molecule has 2 aliphatic carbocycles. The van der Waals surface area contributed by atoms with Crippen LogP contribution in [0.1, 0.15) is 53.4 Å². The molecule has 2 aliphatic heterocycles. The van der Waals surface area contributed by atoms with Crippen LogP contribution in [-0.4, -0.2) is 37.4 Å². The van der Waals surface area contributed by atoms with Gasteiger partial charge < -0.3 is 14.2 Å². The number of rotatable bonds is 6. The van der Waals surface area contributed by atoms with Crippen LogP contribution in [-0.2, 0) is 23.8 Å². The van der Waals surface area contributed by atoms with Crippen molar-refractivity contribution in [2.45, 2.75) is 65.6 Å². The summed E-state index contributed by atoms with van der Waals surface area (Å²) in [6.07, 6.45) is 3.78.